The molecule has 0 saturated carbocycles. The molecule has 1 rings (SSSR count). The number of hydrogen-bond acceptors (Lipinski definition) is 3. The summed E-state index contributed by atoms with van der Waals surface area (Å²) in [5.41, 5.74) is -0.599. The van der Waals surface area contributed by atoms with E-state index >= 15 is 0 Å². The van der Waals surface area contributed by atoms with Gasteiger partial charge in [0.15, 0.2) is 0 Å². The molecule has 2 N–H and O–H groups in total. The van der Waals surface area contributed by atoms with E-state index < -0.39 is 23.2 Å². The van der Waals surface area contributed by atoms with Crippen molar-refractivity contribution in [2.45, 2.75) is 40.2 Å². The highest BCUT2D eigenvalue weighted by molar-refractivity contribution is 7.09. The Kier molecular flexibility index (Phi) is 5.11. The average Bonchev–Trinajstić information content (AvgIpc) is 2.66. The van der Waals surface area contributed by atoms with Gasteiger partial charge in [-0.3, -0.25) is 9.59 Å². The van der Waals surface area contributed by atoms with Crippen LogP contribution in [0.15, 0.2) is 17.5 Å². The lowest BCUT2D eigenvalue weighted by Gasteiger charge is -2.27. The summed E-state index contributed by atoms with van der Waals surface area (Å²) in [6, 6.07) is 3.89. The first-order chi connectivity index (χ1) is 8.71. The lowest BCUT2D eigenvalue weighted by molar-refractivity contribution is -0.151. The van der Waals surface area contributed by atoms with Gasteiger partial charge >= 0.3 is 5.97 Å². The number of carboxylic acids is 1. The van der Waals surface area contributed by atoms with Gasteiger partial charge in [-0.05, 0) is 23.8 Å². The molecule has 0 aliphatic heterocycles. The number of aliphatic carboxylic acids is 1. The number of carbonyl (C=O) groups excluding carboxylic acids is 1. The minimum atomic E-state index is -1.08. The van der Waals surface area contributed by atoms with Crippen LogP contribution < -0.4 is 5.32 Å². The van der Waals surface area contributed by atoms with E-state index in [1.54, 1.807) is 32.1 Å². The van der Waals surface area contributed by atoms with E-state index in [9.17, 15) is 14.7 Å². The predicted molar refractivity (Wildman–Crippen MR) is 76.2 cm³/mol. The van der Waals surface area contributed by atoms with E-state index in [1.807, 2.05) is 24.4 Å². The van der Waals surface area contributed by atoms with Crippen molar-refractivity contribution in [3.63, 3.8) is 0 Å². The minimum Gasteiger partial charge on any atom is -0.481 e. The molecule has 106 valence electrons. The molecule has 0 aromatic carbocycles. The van der Waals surface area contributed by atoms with Gasteiger partial charge in [0, 0.05) is 17.3 Å². The monoisotopic (exact) mass is 283 g/mol. The summed E-state index contributed by atoms with van der Waals surface area (Å²) < 4.78 is 0. The Hall–Kier alpha value is -1.36. The largest absolute Gasteiger partial charge is 0.481 e. The lowest BCUT2D eigenvalue weighted by atomic mass is 9.80. The van der Waals surface area contributed by atoms with Crippen molar-refractivity contribution in [3.05, 3.63) is 22.4 Å². The maximum Gasteiger partial charge on any atom is 0.316 e. The van der Waals surface area contributed by atoms with Crippen LogP contribution >= 0.6 is 11.3 Å². The van der Waals surface area contributed by atoms with Crippen LogP contribution in [-0.2, 0) is 16.0 Å². The Balaban J connectivity index is 2.64. The zero-order chi connectivity index (χ0) is 14.6. The molecular formula is C14H21NO3S. The van der Waals surface area contributed by atoms with E-state index in [1.165, 1.54) is 4.88 Å². The average molecular weight is 283 g/mol. The quantitative estimate of drug-likeness (QED) is 0.816. The second kappa shape index (κ2) is 6.19. The highest BCUT2D eigenvalue weighted by Crippen LogP contribution is 2.26. The second-order valence-electron chi connectivity index (χ2n) is 5.83. The first kappa shape index (κ1) is 15.7. The third-order valence-corrected chi connectivity index (χ3v) is 3.75. The Labute approximate surface area is 117 Å². The number of hydrogen-bond donors (Lipinski definition) is 2. The smallest absolute Gasteiger partial charge is 0.316 e. The summed E-state index contributed by atoms with van der Waals surface area (Å²) in [6.07, 6.45) is 0.722. The molecule has 5 heteroatoms. The summed E-state index contributed by atoms with van der Waals surface area (Å²) in [5, 5.41) is 14.0. The normalized spacial score (nSPS) is 14.7. The van der Waals surface area contributed by atoms with Crippen molar-refractivity contribution < 1.29 is 14.7 Å². The number of thiophene rings is 1. The molecule has 0 bridgehead atoms. The van der Waals surface area contributed by atoms with Crippen LogP contribution in [0.5, 0.6) is 0 Å². The van der Waals surface area contributed by atoms with Crippen LogP contribution in [0.3, 0.4) is 0 Å². The topological polar surface area (TPSA) is 66.4 Å². The molecule has 1 heterocycles. The van der Waals surface area contributed by atoms with E-state index in [0.29, 0.717) is 0 Å². The zero-order valence-electron chi connectivity index (χ0n) is 11.8. The Morgan fingerprint density at radius 2 is 2.05 bits per heavy atom. The number of nitrogens with one attached hydrogen (secondary N) is 1. The maximum absolute atomic E-state index is 12.1. The van der Waals surface area contributed by atoms with E-state index in [-0.39, 0.29) is 6.04 Å². The number of amides is 1. The Morgan fingerprint density at radius 1 is 1.42 bits per heavy atom. The first-order valence-electron chi connectivity index (χ1n) is 6.27. The highest BCUT2D eigenvalue weighted by atomic mass is 32.1. The van der Waals surface area contributed by atoms with Gasteiger partial charge in [-0.25, -0.2) is 0 Å². The van der Waals surface area contributed by atoms with Crippen LogP contribution in [0.25, 0.3) is 0 Å². The van der Waals surface area contributed by atoms with Crippen molar-refractivity contribution in [3.8, 4) is 0 Å². The number of carbonyl (C=O) groups is 2. The van der Waals surface area contributed by atoms with Crippen molar-refractivity contribution in [1.82, 2.24) is 5.32 Å². The van der Waals surface area contributed by atoms with Crippen LogP contribution in [0, 0.1) is 11.3 Å². The van der Waals surface area contributed by atoms with Gasteiger partial charge in [-0.2, -0.15) is 0 Å². The van der Waals surface area contributed by atoms with Gasteiger partial charge < -0.3 is 10.4 Å². The van der Waals surface area contributed by atoms with E-state index in [0.717, 1.165) is 6.42 Å². The van der Waals surface area contributed by atoms with Crippen molar-refractivity contribution >= 4 is 23.2 Å². The van der Waals surface area contributed by atoms with E-state index in [4.69, 9.17) is 0 Å². The molecule has 0 saturated heterocycles. The van der Waals surface area contributed by atoms with Crippen LogP contribution in [-0.4, -0.2) is 23.0 Å². The standard InChI is InChI=1S/C14H21NO3S/c1-9(8-10-6-5-7-19-10)15-12(16)11(13(17)18)14(2,3)4/h5-7,9,11H,8H2,1-4H3,(H,15,16)(H,17,18). The Bertz CT molecular complexity index is 434. The molecule has 19 heavy (non-hydrogen) atoms. The first-order valence-corrected chi connectivity index (χ1v) is 7.15. The van der Waals surface area contributed by atoms with Gasteiger partial charge in [0.1, 0.15) is 5.92 Å². The molecule has 1 aromatic heterocycles. The summed E-state index contributed by atoms with van der Waals surface area (Å²) in [7, 11) is 0. The summed E-state index contributed by atoms with van der Waals surface area (Å²) >= 11 is 1.63. The number of carboxylic acid groups (broad SMARTS) is 1. The van der Waals surface area contributed by atoms with Gasteiger partial charge in [0.05, 0.1) is 0 Å². The fourth-order valence-corrected chi connectivity index (χ4v) is 2.82. The fourth-order valence-electron chi connectivity index (χ4n) is 1.98. The molecule has 0 aliphatic rings. The molecule has 2 unspecified atom stereocenters. The van der Waals surface area contributed by atoms with Crippen molar-refractivity contribution in [2.24, 2.45) is 11.3 Å². The summed E-state index contributed by atoms with van der Waals surface area (Å²) in [6.45, 7) is 7.17. The molecule has 0 radical (unpaired) electrons. The van der Waals surface area contributed by atoms with Gasteiger partial charge in [-0.1, -0.05) is 26.8 Å². The highest BCUT2D eigenvalue weighted by Gasteiger charge is 2.38. The molecular weight excluding hydrogens is 262 g/mol. The predicted octanol–water partition coefficient (Wildman–Crippen LogP) is 2.54. The van der Waals surface area contributed by atoms with Gasteiger partial charge in [0.2, 0.25) is 5.91 Å². The van der Waals surface area contributed by atoms with Crippen LogP contribution in [0.4, 0.5) is 0 Å². The van der Waals surface area contributed by atoms with Crippen molar-refractivity contribution in [1.29, 1.82) is 0 Å². The summed E-state index contributed by atoms with van der Waals surface area (Å²) in [5.74, 6) is -2.52. The molecule has 4 nitrogen and oxygen atoms in total. The SMILES string of the molecule is CC(Cc1cccs1)NC(=O)C(C(=O)O)C(C)(C)C. The molecule has 0 spiro atoms. The molecule has 0 aliphatic carbocycles. The minimum absolute atomic E-state index is 0.0738. The second-order valence-corrected chi connectivity index (χ2v) is 6.86. The third-order valence-electron chi connectivity index (χ3n) is 2.85. The summed E-state index contributed by atoms with van der Waals surface area (Å²) in [4.78, 5) is 24.5. The lowest BCUT2D eigenvalue weighted by Crippen LogP contribution is -2.46. The third kappa shape index (κ3) is 4.67. The molecule has 1 aromatic rings. The van der Waals surface area contributed by atoms with E-state index in [2.05, 4.69) is 5.32 Å². The van der Waals surface area contributed by atoms with Gasteiger partial charge in [0.25, 0.3) is 0 Å². The van der Waals surface area contributed by atoms with Crippen LogP contribution in [0.2, 0.25) is 0 Å². The molecule has 2 atom stereocenters. The maximum atomic E-state index is 12.1. The zero-order valence-corrected chi connectivity index (χ0v) is 12.6. The number of rotatable bonds is 5. The molecule has 1 amide bonds. The fraction of sp³-hybridized carbons (Fsp3) is 0.571. The van der Waals surface area contributed by atoms with Gasteiger partial charge in [-0.15, -0.1) is 11.3 Å². The molecule has 0 fully saturated rings. The van der Waals surface area contributed by atoms with Crippen LogP contribution in [0.1, 0.15) is 32.6 Å². The van der Waals surface area contributed by atoms with Crippen molar-refractivity contribution in [2.75, 3.05) is 0 Å². The Morgan fingerprint density at radius 3 is 2.47 bits per heavy atom.